The third-order valence-electron chi connectivity index (χ3n) is 5.91. The number of fused-ring (bicyclic) bond motifs is 2. The van der Waals surface area contributed by atoms with Crippen molar-refractivity contribution in [2.24, 2.45) is 0 Å². The van der Waals surface area contributed by atoms with Crippen molar-refractivity contribution in [3.63, 3.8) is 0 Å². The van der Waals surface area contributed by atoms with Gasteiger partial charge >= 0.3 is 0 Å². The Balaban J connectivity index is 1.44. The van der Waals surface area contributed by atoms with Crippen LogP contribution >= 0.6 is 11.3 Å². The Morgan fingerprint density at radius 2 is 2.03 bits per heavy atom. The van der Waals surface area contributed by atoms with Crippen LogP contribution in [0.2, 0.25) is 0 Å². The van der Waals surface area contributed by atoms with E-state index in [0.29, 0.717) is 46.0 Å². The van der Waals surface area contributed by atoms with E-state index in [1.54, 1.807) is 36.0 Å². The van der Waals surface area contributed by atoms with E-state index >= 15 is 4.39 Å². The summed E-state index contributed by atoms with van der Waals surface area (Å²) in [4.78, 5) is 20.9. The lowest BCUT2D eigenvalue weighted by molar-refractivity contribution is 0.192. The molecule has 6 rings (SSSR count). The summed E-state index contributed by atoms with van der Waals surface area (Å²) in [6, 6.07) is 5.66. The van der Waals surface area contributed by atoms with Gasteiger partial charge in [-0.15, -0.1) is 0 Å². The van der Waals surface area contributed by atoms with E-state index in [4.69, 9.17) is 4.98 Å². The fraction of sp³-hybridized carbons (Fsp3) is 0.160. The van der Waals surface area contributed by atoms with Crippen LogP contribution < -0.4 is 5.32 Å². The summed E-state index contributed by atoms with van der Waals surface area (Å²) in [5, 5.41) is 24.4. The molecule has 0 aliphatic carbocycles. The van der Waals surface area contributed by atoms with Crippen LogP contribution in [0.15, 0.2) is 53.7 Å². The third kappa shape index (κ3) is 3.88. The topological polar surface area (TPSA) is 128 Å². The first-order chi connectivity index (χ1) is 17.6. The molecule has 9 nitrogen and oxygen atoms in total. The molecule has 6 heterocycles. The molecule has 0 radical (unpaired) electrons. The van der Waals surface area contributed by atoms with Crippen LogP contribution in [-0.2, 0) is 0 Å². The first kappa shape index (κ1) is 22.3. The van der Waals surface area contributed by atoms with Gasteiger partial charge in [-0.2, -0.15) is 16.4 Å². The molecule has 0 aromatic carbocycles. The highest BCUT2D eigenvalue weighted by Gasteiger charge is 2.21. The molecule has 0 fully saturated rings. The number of hydrogen-bond donors (Lipinski definition) is 4. The van der Waals surface area contributed by atoms with Crippen molar-refractivity contribution < 1.29 is 9.50 Å². The van der Waals surface area contributed by atoms with Crippen LogP contribution in [-0.4, -0.2) is 46.5 Å². The van der Waals surface area contributed by atoms with Gasteiger partial charge in [0.1, 0.15) is 23.3 Å². The van der Waals surface area contributed by atoms with Crippen LogP contribution in [0.4, 0.5) is 10.1 Å². The van der Waals surface area contributed by atoms with E-state index < -0.39 is 12.0 Å². The molecule has 0 spiro atoms. The minimum atomic E-state index is -0.710. The van der Waals surface area contributed by atoms with Crippen molar-refractivity contribution in [2.75, 3.05) is 5.32 Å². The molecule has 0 aliphatic heterocycles. The molecule has 36 heavy (non-hydrogen) atoms. The lowest BCUT2D eigenvalue weighted by atomic mass is 10.1. The number of anilines is 1. The van der Waals surface area contributed by atoms with Crippen molar-refractivity contribution in [1.82, 2.24) is 35.1 Å². The zero-order valence-electron chi connectivity index (χ0n) is 19.2. The summed E-state index contributed by atoms with van der Waals surface area (Å²) in [6.07, 6.45) is 7.00. The van der Waals surface area contributed by atoms with E-state index in [0.717, 1.165) is 17.5 Å². The number of aliphatic hydroxyl groups excluding tert-OH is 1. The van der Waals surface area contributed by atoms with E-state index in [2.05, 4.69) is 35.5 Å². The lowest BCUT2D eigenvalue weighted by Crippen LogP contribution is -2.18. The highest BCUT2D eigenvalue weighted by atomic mass is 32.1. The molecule has 11 heteroatoms. The molecule has 4 N–H and O–H groups in total. The van der Waals surface area contributed by atoms with Gasteiger partial charge in [0.05, 0.1) is 17.3 Å². The number of H-pyrrole nitrogens is 2. The highest BCUT2D eigenvalue weighted by molar-refractivity contribution is 7.08. The molecule has 0 saturated carbocycles. The Hall–Kier alpha value is -4.22. The minimum absolute atomic E-state index is 0.216. The van der Waals surface area contributed by atoms with Crippen LogP contribution in [0.5, 0.6) is 0 Å². The Labute approximate surface area is 208 Å². The first-order valence-corrected chi connectivity index (χ1v) is 12.4. The highest BCUT2D eigenvalue weighted by Crippen LogP contribution is 2.34. The second kappa shape index (κ2) is 9.10. The van der Waals surface area contributed by atoms with Crippen LogP contribution in [0.1, 0.15) is 19.8 Å². The zero-order chi connectivity index (χ0) is 24.6. The van der Waals surface area contributed by atoms with E-state index in [9.17, 15) is 5.11 Å². The Bertz CT molecular complexity index is 1680. The van der Waals surface area contributed by atoms with Crippen LogP contribution in [0.25, 0.3) is 56.0 Å². The smallest absolute Gasteiger partial charge is 0.161 e. The number of halogens is 1. The fourth-order valence-electron chi connectivity index (χ4n) is 4.20. The molecular weight excluding hydrogens is 479 g/mol. The SMILES string of the molecule is CCCC(O)Nc1cncc(-c2cnc3[nH]nc(-c4nc5c(-c6ccsc6)ccnc5[nH]4)c3c2F)c1. The van der Waals surface area contributed by atoms with Crippen molar-refractivity contribution in [2.45, 2.75) is 26.0 Å². The van der Waals surface area contributed by atoms with Gasteiger partial charge in [0.25, 0.3) is 0 Å². The average Bonchev–Trinajstić information content (AvgIpc) is 3.63. The van der Waals surface area contributed by atoms with Gasteiger partial charge in [-0.25, -0.2) is 19.3 Å². The molecule has 6 aromatic rings. The van der Waals surface area contributed by atoms with E-state index in [1.807, 2.05) is 29.8 Å². The van der Waals surface area contributed by atoms with Crippen LogP contribution in [0.3, 0.4) is 0 Å². The Morgan fingerprint density at radius 1 is 1.11 bits per heavy atom. The molecule has 6 aromatic heterocycles. The molecule has 1 unspecified atom stereocenters. The second-order valence-electron chi connectivity index (χ2n) is 8.35. The first-order valence-electron chi connectivity index (χ1n) is 11.4. The number of imidazole rings is 1. The van der Waals surface area contributed by atoms with E-state index in [-0.39, 0.29) is 10.9 Å². The lowest BCUT2D eigenvalue weighted by Gasteiger charge is -2.13. The molecule has 0 amide bonds. The van der Waals surface area contributed by atoms with Crippen molar-refractivity contribution in [1.29, 1.82) is 0 Å². The van der Waals surface area contributed by atoms with Crippen molar-refractivity contribution in [3.05, 3.63) is 59.6 Å². The normalized spacial score (nSPS) is 12.4. The summed E-state index contributed by atoms with van der Waals surface area (Å²) in [5.41, 5.74) is 5.23. The summed E-state index contributed by atoms with van der Waals surface area (Å²) in [6.45, 7) is 1.99. The number of rotatable bonds is 7. The van der Waals surface area contributed by atoms with Crippen LogP contribution in [0, 0.1) is 5.82 Å². The average molecular weight is 501 g/mol. The largest absolute Gasteiger partial charge is 0.374 e. The maximum Gasteiger partial charge on any atom is 0.161 e. The Kier molecular flexibility index (Phi) is 5.62. The maximum atomic E-state index is 16.0. The van der Waals surface area contributed by atoms with Gasteiger partial charge in [0, 0.05) is 35.3 Å². The monoisotopic (exact) mass is 500 g/mol. The number of aromatic amines is 2. The summed E-state index contributed by atoms with van der Waals surface area (Å²) in [5.74, 6) is -0.108. The van der Waals surface area contributed by atoms with Gasteiger partial charge in [-0.05, 0) is 40.9 Å². The molecule has 1 atom stereocenters. The molecule has 180 valence electrons. The quantitative estimate of drug-likeness (QED) is 0.217. The number of pyridine rings is 3. The third-order valence-corrected chi connectivity index (χ3v) is 6.59. The minimum Gasteiger partial charge on any atom is -0.374 e. The van der Waals surface area contributed by atoms with E-state index in [1.165, 1.54) is 6.20 Å². The second-order valence-corrected chi connectivity index (χ2v) is 9.13. The number of nitrogens with one attached hydrogen (secondary N) is 3. The molecular formula is C25H21FN8OS. The molecule has 0 saturated heterocycles. The van der Waals surface area contributed by atoms with Gasteiger partial charge in [0.2, 0.25) is 0 Å². The standard InChI is InChI=1S/C25H21FN8OS/c1-2-3-18(35)30-15-8-14(9-27-10-15)17-11-29-23-19(20(17)26)22(33-34-23)25-31-21-16(13-5-7-36-12-13)4-6-28-24(21)32-25/h4-12,18,30,35H,2-3H2,1H3,(H,28,31,32)(H,29,33,34). The summed E-state index contributed by atoms with van der Waals surface area (Å²) in [7, 11) is 0. The van der Waals surface area contributed by atoms with Gasteiger partial charge in [-0.1, -0.05) is 13.3 Å². The summed E-state index contributed by atoms with van der Waals surface area (Å²) >= 11 is 1.60. The molecule has 0 bridgehead atoms. The van der Waals surface area contributed by atoms with Gasteiger partial charge < -0.3 is 15.4 Å². The maximum absolute atomic E-state index is 16.0. The zero-order valence-corrected chi connectivity index (χ0v) is 20.0. The number of aromatic nitrogens is 7. The fourth-order valence-corrected chi connectivity index (χ4v) is 4.86. The van der Waals surface area contributed by atoms with Gasteiger partial charge in [0.15, 0.2) is 17.1 Å². The van der Waals surface area contributed by atoms with Crippen molar-refractivity contribution >= 4 is 39.2 Å². The van der Waals surface area contributed by atoms with Crippen molar-refractivity contribution in [3.8, 4) is 33.8 Å². The molecule has 0 aliphatic rings. The predicted molar refractivity (Wildman–Crippen MR) is 138 cm³/mol. The van der Waals surface area contributed by atoms with Gasteiger partial charge in [-0.3, -0.25) is 10.1 Å². The number of hydrogen-bond acceptors (Lipinski definition) is 8. The predicted octanol–water partition coefficient (Wildman–Crippen LogP) is 5.36. The number of aliphatic hydroxyl groups is 1. The number of nitrogens with zero attached hydrogens (tertiary/aromatic N) is 5. The number of thiophene rings is 1. The summed E-state index contributed by atoms with van der Waals surface area (Å²) < 4.78 is 16.0. The Morgan fingerprint density at radius 3 is 2.86 bits per heavy atom.